The van der Waals surface area contributed by atoms with Crippen molar-refractivity contribution in [3.05, 3.63) is 59.2 Å². The average molecular weight is 524 g/mol. The maximum absolute atomic E-state index is 12.7. The molecule has 1 fully saturated rings. The van der Waals surface area contributed by atoms with Crippen LogP contribution in [0.2, 0.25) is 0 Å². The lowest BCUT2D eigenvalue weighted by Gasteiger charge is -2.35. The van der Waals surface area contributed by atoms with E-state index in [1.807, 2.05) is 0 Å². The molecule has 0 spiro atoms. The van der Waals surface area contributed by atoms with Gasteiger partial charge in [-0.2, -0.15) is 0 Å². The molecule has 5 N–H and O–H groups in total. The second-order valence-electron chi connectivity index (χ2n) is 9.07. The molecule has 12 nitrogen and oxygen atoms in total. The van der Waals surface area contributed by atoms with Crippen LogP contribution in [0.3, 0.4) is 0 Å². The van der Waals surface area contributed by atoms with Crippen molar-refractivity contribution in [1.82, 2.24) is 15.1 Å². The zero-order chi connectivity index (χ0) is 27.2. The van der Waals surface area contributed by atoms with Gasteiger partial charge in [-0.3, -0.25) is 24.6 Å². The number of hydrogen-bond donors (Lipinski definition) is 4. The lowest BCUT2D eigenvalue weighted by Crippen LogP contribution is -2.56. The van der Waals surface area contributed by atoms with Crippen molar-refractivity contribution in [2.75, 3.05) is 39.5 Å². The van der Waals surface area contributed by atoms with Crippen LogP contribution in [0.25, 0.3) is 0 Å². The van der Waals surface area contributed by atoms with E-state index in [1.165, 1.54) is 9.80 Å². The summed E-state index contributed by atoms with van der Waals surface area (Å²) in [6.07, 6.45) is 0.614. The molecular weight excluding hydrogens is 494 g/mol. The maximum atomic E-state index is 12.7. The summed E-state index contributed by atoms with van der Waals surface area (Å²) in [7, 11) is 0. The fourth-order valence-electron chi connectivity index (χ4n) is 4.33. The first kappa shape index (κ1) is 26.5. The van der Waals surface area contributed by atoms with Crippen LogP contribution in [-0.4, -0.2) is 83.9 Å². The molecule has 3 amide bonds. The van der Waals surface area contributed by atoms with Gasteiger partial charge in [0.15, 0.2) is 11.5 Å². The summed E-state index contributed by atoms with van der Waals surface area (Å²) >= 11 is 0. The minimum atomic E-state index is -1.06. The second-order valence-corrected chi connectivity index (χ2v) is 9.07. The number of fused-ring (bicyclic) bond motifs is 1. The Hall–Kier alpha value is -4.61. The zero-order valence-corrected chi connectivity index (χ0v) is 20.6. The Morgan fingerprint density at radius 1 is 1.00 bits per heavy atom. The Kier molecular flexibility index (Phi) is 8.09. The standard InChI is InChI=1S/C26H29N5O7/c27-22(28)17-3-5-18(6-4-17)23(32)29-8-1-9-30-10-11-31(25(34)24(30)33)14-19(26(35)36)12-16-2-7-20-21(13-16)38-15-37-20/h2-7,13,19H,1,8-12,14-15H2,(H3,27,28)(H,29,32)(H,35,36). The van der Waals surface area contributed by atoms with Crippen LogP contribution in [0.5, 0.6) is 11.5 Å². The van der Waals surface area contributed by atoms with Crippen LogP contribution >= 0.6 is 0 Å². The van der Waals surface area contributed by atoms with Crippen LogP contribution in [0.1, 0.15) is 27.9 Å². The molecule has 12 heteroatoms. The molecule has 0 bridgehead atoms. The van der Waals surface area contributed by atoms with Crippen molar-refractivity contribution in [1.29, 1.82) is 5.41 Å². The van der Waals surface area contributed by atoms with E-state index in [1.54, 1.807) is 42.5 Å². The van der Waals surface area contributed by atoms with Crippen molar-refractivity contribution in [3.8, 4) is 11.5 Å². The molecule has 2 aromatic carbocycles. The first-order valence-corrected chi connectivity index (χ1v) is 12.1. The Morgan fingerprint density at radius 2 is 1.66 bits per heavy atom. The number of ether oxygens (including phenoxy) is 2. The first-order chi connectivity index (χ1) is 18.2. The number of hydrogen-bond acceptors (Lipinski definition) is 7. The zero-order valence-electron chi connectivity index (χ0n) is 20.6. The molecule has 1 atom stereocenters. The Labute approximate surface area is 218 Å². The van der Waals surface area contributed by atoms with Gasteiger partial charge in [-0.25, -0.2) is 0 Å². The number of carboxylic acid groups (broad SMARTS) is 1. The molecule has 2 aliphatic heterocycles. The third-order valence-corrected chi connectivity index (χ3v) is 6.45. The van der Waals surface area contributed by atoms with Gasteiger partial charge in [-0.15, -0.1) is 0 Å². The number of carbonyl (C=O) groups excluding carboxylic acids is 3. The number of carboxylic acids is 1. The van der Waals surface area contributed by atoms with Crippen molar-refractivity contribution < 1.29 is 33.8 Å². The van der Waals surface area contributed by atoms with E-state index in [4.69, 9.17) is 20.6 Å². The smallest absolute Gasteiger partial charge is 0.312 e. The molecule has 0 saturated carbocycles. The van der Waals surface area contributed by atoms with Gasteiger partial charge in [0.25, 0.3) is 5.91 Å². The lowest BCUT2D eigenvalue weighted by molar-refractivity contribution is -0.157. The van der Waals surface area contributed by atoms with Gasteiger partial charge in [0, 0.05) is 43.9 Å². The maximum Gasteiger partial charge on any atom is 0.312 e. The van der Waals surface area contributed by atoms with Crippen molar-refractivity contribution in [2.24, 2.45) is 11.7 Å². The van der Waals surface area contributed by atoms with Crippen LogP contribution in [0.4, 0.5) is 0 Å². The van der Waals surface area contributed by atoms with E-state index in [0.717, 1.165) is 5.56 Å². The van der Waals surface area contributed by atoms with Gasteiger partial charge >= 0.3 is 17.8 Å². The van der Waals surface area contributed by atoms with Crippen LogP contribution in [0, 0.1) is 11.3 Å². The van der Waals surface area contributed by atoms with Crippen LogP contribution in [-0.2, 0) is 20.8 Å². The highest BCUT2D eigenvalue weighted by Gasteiger charge is 2.35. The quantitative estimate of drug-likeness (QED) is 0.142. The normalized spacial score (nSPS) is 15.4. The molecule has 4 rings (SSSR count). The third kappa shape index (κ3) is 6.20. The predicted molar refractivity (Wildman–Crippen MR) is 135 cm³/mol. The number of carbonyl (C=O) groups is 4. The van der Waals surface area contributed by atoms with Crippen molar-refractivity contribution in [3.63, 3.8) is 0 Å². The van der Waals surface area contributed by atoms with Gasteiger partial charge in [0.05, 0.1) is 5.92 Å². The first-order valence-electron chi connectivity index (χ1n) is 12.1. The number of amides is 3. The summed E-state index contributed by atoms with van der Waals surface area (Å²) in [5.41, 5.74) is 7.08. The molecule has 0 aromatic heterocycles. The largest absolute Gasteiger partial charge is 0.481 e. The Bertz CT molecular complexity index is 1250. The summed E-state index contributed by atoms with van der Waals surface area (Å²) in [6.45, 7) is 1.12. The predicted octanol–water partition coefficient (Wildman–Crippen LogP) is 0.434. The second kappa shape index (κ2) is 11.6. The molecule has 2 aromatic rings. The topological polar surface area (TPSA) is 175 Å². The van der Waals surface area contributed by atoms with E-state index < -0.39 is 23.7 Å². The molecule has 200 valence electrons. The monoisotopic (exact) mass is 523 g/mol. The minimum Gasteiger partial charge on any atom is -0.481 e. The number of nitrogens with two attached hydrogens (primary N) is 1. The number of rotatable bonds is 11. The third-order valence-electron chi connectivity index (χ3n) is 6.45. The van der Waals surface area contributed by atoms with Crippen LogP contribution in [0.15, 0.2) is 42.5 Å². The highest BCUT2D eigenvalue weighted by atomic mass is 16.7. The summed E-state index contributed by atoms with van der Waals surface area (Å²) in [4.78, 5) is 52.3. The molecule has 1 saturated heterocycles. The average Bonchev–Trinajstić information content (AvgIpc) is 3.37. The number of nitrogens with zero attached hydrogens (tertiary/aromatic N) is 2. The fraction of sp³-hybridized carbons (Fsp3) is 0.346. The van der Waals surface area contributed by atoms with Gasteiger partial charge < -0.3 is 35.4 Å². The summed E-state index contributed by atoms with van der Waals surface area (Å²) in [5.74, 6) is -2.60. The summed E-state index contributed by atoms with van der Waals surface area (Å²) in [5, 5.41) is 19.9. The van der Waals surface area contributed by atoms with Gasteiger partial charge in [-0.1, -0.05) is 18.2 Å². The number of amidine groups is 1. The van der Waals surface area contributed by atoms with Crippen molar-refractivity contribution in [2.45, 2.75) is 12.8 Å². The van der Waals surface area contributed by atoms with Gasteiger partial charge in [0.2, 0.25) is 6.79 Å². The number of nitrogen functional groups attached to an aromatic ring is 1. The molecule has 0 aliphatic carbocycles. The molecule has 1 unspecified atom stereocenters. The fourth-order valence-corrected chi connectivity index (χ4v) is 4.33. The SMILES string of the molecule is N=C(N)c1ccc(C(=O)NCCCN2CCN(CC(Cc3ccc4c(c3)OCO4)C(=O)O)C(=O)C2=O)cc1. The van der Waals surface area contributed by atoms with Gasteiger partial charge in [-0.05, 0) is 42.7 Å². The van der Waals surface area contributed by atoms with Gasteiger partial charge in [0.1, 0.15) is 5.84 Å². The van der Waals surface area contributed by atoms with E-state index in [-0.39, 0.29) is 51.1 Å². The molecular formula is C26H29N5O7. The Balaban J connectivity index is 1.24. The lowest BCUT2D eigenvalue weighted by atomic mass is 9.98. The number of aliphatic carboxylic acids is 1. The molecule has 2 heterocycles. The number of piperazine rings is 1. The number of nitrogens with one attached hydrogen (secondary N) is 2. The molecule has 0 radical (unpaired) electrons. The van der Waals surface area contributed by atoms with Crippen molar-refractivity contribution >= 4 is 29.5 Å². The van der Waals surface area contributed by atoms with E-state index >= 15 is 0 Å². The van der Waals surface area contributed by atoms with E-state index in [9.17, 15) is 24.3 Å². The number of benzene rings is 2. The van der Waals surface area contributed by atoms with E-state index in [0.29, 0.717) is 35.6 Å². The summed E-state index contributed by atoms with van der Waals surface area (Å²) < 4.78 is 10.6. The Morgan fingerprint density at radius 3 is 2.37 bits per heavy atom. The highest BCUT2D eigenvalue weighted by Crippen LogP contribution is 2.33. The molecule has 2 aliphatic rings. The summed E-state index contributed by atoms with van der Waals surface area (Å²) in [6, 6.07) is 11.5. The highest BCUT2D eigenvalue weighted by molar-refractivity contribution is 6.35. The van der Waals surface area contributed by atoms with E-state index in [2.05, 4.69) is 5.32 Å². The minimum absolute atomic E-state index is 0.0827. The molecule has 38 heavy (non-hydrogen) atoms. The van der Waals surface area contributed by atoms with Crippen LogP contribution < -0.4 is 20.5 Å².